The summed E-state index contributed by atoms with van der Waals surface area (Å²) < 4.78 is 5.27. The second kappa shape index (κ2) is 5.85. The van der Waals surface area contributed by atoms with Crippen LogP contribution in [0.15, 0.2) is 24.3 Å². The predicted octanol–water partition coefficient (Wildman–Crippen LogP) is 3.38. The van der Waals surface area contributed by atoms with Crippen molar-refractivity contribution in [2.75, 3.05) is 6.61 Å². The van der Waals surface area contributed by atoms with Crippen molar-refractivity contribution in [1.82, 2.24) is 0 Å². The first-order valence-corrected chi connectivity index (χ1v) is 6.19. The summed E-state index contributed by atoms with van der Waals surface area (Å²) in [6, 6.07) is 8.30. The highest BCUT2D eigenvalue weighted by atomic mass is 16.5. The molecule has 0 aliphatic carbocycles. The molecule has 17 heavy (non-hydrogen) atoms. The van der Waals surface area contributed by atoms with Gasteiger partial charge >= 0.3 is 5.97 Å². The maximum atomic E-state index is 11.6. The Bertz CT molecular complexity index is 375. The first-order valence-electron chi connectivity index (χ1n) is 6.19. The lowest BCUT2D eigenvalue weighted by atomic mass is 9.97. The van der Waals surface area contributed by atoms with E-state index in [1.165, 1.54) is 11.1 Å². The summed E-state index contributed by atoms with van der Waals surface area (Å²) in [7, 11) is 0. The van der Waals surface area contributed by atoms with E-state index in [-0.39, 0.29) is 5.97 Å². The molecule has 0 heterocycles. The number of benzene rings is 1. The molecule has 1 aromatic rings. The molecule has 0 atom stereocenters. The van der Waals surface area contributed by atoms with Gasteiger partial charge in [0.15, 0.2) is 0 Å². The van der Waals surface area contributed by atoms with Crippen LogP contribution in [0.2, 0.25) is 0 Å². The quantitative estimate of drug-likeness (QED) is 0.746. The Morgan fingerprint density at radius 1 is 1.18 bits per heavy atom. The van der Waals surface area contributed by atoms with Crippen LogP contribution in [-0.2, 0) is 22.4 Å². The SMILES string of the molecule is CCc1ccccc1CCOC(=O)C(C)(C)C. The van der Waals surface area contributed by atoms with Crippen LogP contribution in [-0.4, -0.2) is 12.6 Å². The zero-order valence-corrected chi connectivity index (χ0v) is 11.2. The molecule has 94 valence electrons. The van der Waals surface area contributed by atoms with Crippen LogP contribution in [0.1, 0.15) is 38.8 Å². The minimum atomic E-state index is -0.412. The highest BCUT2D eigenvalue weighted by molar-refractivity contribution is 5.75. The number of aryl methyl sites for hydroxylation is 1. The maximum Gasteiger partial charge on any atom is 0.311 e. The molecule has 0 radical (unpaired) electrons. The molecular weight excluding hydrogens is 212 g/mol. The van der Waals surface area contributed by atoms with E-state index in [9.17, 15) is 4.79 Å². The Morgan fingerprint density at radius 2 is 1.76 bits per heavy atom. The van der Waals surface area contributed by atoms with Gasteiger partial charge < -0.3 is 4.74 Å². The maximum absolute atomic E-state index is 11.6. The van der Waals surface area contributed by atoms with Crippen molar-refractivity contribution < 1.29 is 9.53 Å². The Morgan fingerprint density at radius 3 is 2.29 bits per heavy atom. The van der Waals surface area contributed by atoms with Crippen LogP contribution in [0.25, 0.3) is 0 Å². The molecule has 0 saturated heterocycles. The third-order valence-corrected chi connectivity index (χ3v) is 2.72. The number of carbonyl (C=O) groups is 1. The van der Waals surface area contributed by atoms with Gasteiger partial charge in [-0.2, -0.15) is 0 Å². The molecule has 2 nitrogen and oxygen atoms in total. The average Bonchev–Trinajstić information content (AvgIpc) is 2.28. The van der Waals surface area contributed by atoms with E-state index >= 15 is 0 Å². The third kappa shape index (κ3) is 4.22. The minimum Gasteiger partial charge on any atom is -0.465 e. The molecule has 1 aromatic carbocycles. The number of esters is 1. The molecule has 0 aromatic heterocycles. The molecule has 0 aliphatic rings. The average molecular weight is 234 g/mol. The number of ether oxygens (including phenoxy) is 1. The molecule has 2 heteroatoms. The lowest BCUT2D eigenvalue weighted by molar-refractivity contribution is -0.152. The molecule has 0 unspecified atom stereocenters. The summed E-state index contributed by atoms with van der Waals surface area (Å²) in [6.07, 6.45) is 1.81. The predicted molar refractivity (Wildman–Crippen MR) is 69.9 cm³/mol. The standard InChI is InChI=1S/C15H22O2/c1-5-12-8-6-7-9-13(12)10-11-17-14(16)15(2,3)4/h6-9H,5,10-11H2,1-4H3. The smallest absolute Gasteiger partial charge is 0.311 e. The number of hydrogen-bond acceptors (Lipinski definition) is 2. The zero-order chi connectivity index (χ0) is 12.9. The summed E-state index contributed by atoms with van der Waals surface area (Å²) in [4.78, 5) is 11.6. The van der Waals surface area contributed by atoms with Gasteiger partial charge in [-0.25, -0.2) is 0 Å². The van der Waals surface area contributed by atoms with Gasteiger partial charge in [-0.15, -0.1) is 0 Å². The number of hydrogen-bond donors (Lipinski definition) is 0. The highest BCUT2D eigenvalue weighted by Crippen LogP contribution is 2.16. The van der Waals surface area contributed by atoms with E-state index in [1.54, 1.807) is 0 Å². The summed E-state index contributed by atoms with van der Waals surface area (Å²) in [5.41, 5.74) is 2.19. The van der Waals surface area contributed by atoms with E-state index in [0.717, 1.165) is 12.8 Å². The fraction of sp³-hybridized carbons (Fsp3) is 0.533. The molecular formula is C15H22O2. The normalized spacial score (nSPS) is 11.3. The fourth-order valence-electron chi connectivity index (χ4n) is 1.62. The van der Waals surface area contributed by atoms with Crippen LogP contribution >= 0.6 is 0 Å². The number of rotatable bonds is 4. The topological polar surface area (TPSA) is 26.3 Å². The Hall–Kier alpha value is -1.31. The van der Waals surface area contributed by atoms with Crippen molar-refractivity contribution in [2.24, 2.45) is 5.41 Å². The van der Waals surface area contributed by atoms with E-state index in [2.05, 4.69) is 19.1 Å². The third-order valence-electron chi connectivity index (χ3n) is 2.72. The van der Waals surface area contributed by atoms with Gasteiger partial charge in [0.05, 0.1) is 12.0 Å². The van der Waals surface area contributed by atoms with Gasteiger partial charge in [-0.3, -0.25) is 4.79 Å². The van der Waals surface area contributed by atoms with Gasteiger partial charge in [0.2, 0.25) is 0 Å². The first kappa shape index (κ1) is 13.8. The summed E-state index contributed by atoms with van der Waals surface area (Å²) in [5.74, 6) is -0.133. The summed E-state index contributed by atoms with van der Waals surface area (Å²) >= 11 is 0. The zero-order valence-electron chi connectivity index (χ0n) is 11.2. The van der Waals surface area contributed by atoms with Crippen molar-refractivity contribution >= 4 is 5.97 Å². The summed E-state index contributed by atoms with van der Waals surface area (Å²) in [5, 5.41) is 0. The first-order chi connectivity index (χ1) is 7.95. The Labute approximate surface area is 104 Å². The lowest BCUT2D eigenvalue weighted by Crippen LogP contribution is -2.23. The minimum absolute atomic E-state index is 0.133. The van der Waals surface area contributed by atoms with E-state index in [4.69, 9.17) is 4.74 Å². The monoisotopic (exact) mass is 234 g/mol. The molecule has 1 rings (SSSR count). The van der Waals surface area contributed by atoms with Gasteiger partial charge in [0.25, 0.3) is 0 Å². The van der Waals surface area contributed by atoms with Crippen LogP contribution < -0.4 is 0 Å². The Kier molecular flexibility index (Phi) is 4.73. The molecule has 0 saturated carbocycles. The van der Waals surface area contributed by atoms with Crippen molar-refractivity contribution in [3.05, 3.63) is 35.4 Å². The number of carbonyl (C=O) groups excluding carboxylic acids is 1. The fourth-order valence-corrected chi connectivity index (χ4v) is 1.62. The van der Waals surface area contributed by atoms with Crippen LogP contribution in [0, 0.1) is 5.41 Å². The molecule has 0 aliphatic heterocycles. The van der Waals surface area contributed by atoms with Crippen LogP contribution in [0.4, 0.5) is 0 Å². The summed E-state index contributed by atoms with van der Waals surface area (Å²) in [6.45, 7) is 8.22. The second-order valence-corrected chi connectivity index (χ2v) is 5.26. The highest BCUT2D eigenvalue weighted by Gasteiger charge is 2.22. The lowest BCUT2D eigenvalue weighted by Gasteiger charge is -2.16. The van der Waals surface area contributed by atoms with Crippen molar-refractivity contribution in [2.45, 2.75) is 40.5 Å². The van der Waals surface area contributed by atoms with Crippen molar-refractivity contribution in [3.8, 4) is 0 Å². The molecule has 0 spiro atoms. The van der Waals surface area contributed by atoms with Gasteiger partial charge in [-0.05, 0) is 38.3 Å². The van der Waals surface area contributed by atoms with E-state index in [0.29, 0.717) is 6.61 Å². The Balaban J connectivity index is 2.49. The van der Waals surface area contributed by atoms with Crippen LogP contribution in [0.5, 0.6) is 0 Å². The largest absolute Gasteiger partial charge is 0.465 e. The van der Waals surface area contributed by atoms with Gasteiger partial charge in [0.1, 0.15) is 0 Å². The molecule has 0 bridgehead atoms. The molecule has 0 amide bonds. The molecule has 0 N–H and O–H groups in total. The van der Waals surface area contributed by atoms with Crippen molar-refractivity contribution in [1.29, 1.82) is 0 Å². The molecule has 0 fully saturated rings. The van der Waals surface area contributed by atoms with E-state index in [1.807, 2.05) is 32.9 Å². The van der Waals surface area contributed by atoms with Gasteiger partial charge in [0, 0.05) is 6.42 Å². The van der Waals surface area contributed by atoms with Gasteiger partial charge in [-0.1, -0.05) is 31.2 Å². The van der Waals surface area contributed by atoms with E-state index < -0.39 is 5.41 Å². The van der Waals surface area contributed by atoms with Crippen LogP contribution in [0.3, 0.4) is 0 Å². The second-order valence-electron chi connectivity index (χ2n) is 5.26. The van der Waals surface area contributed by atoms with Crippen molar-refractivity contribution in [3.63, 3.8) is 0 Å².